The van der Waals surface area contributed by atoms with E-state index in [1.54, 1.807) is 6.20 Å². The van der Waals surface area contributed by atoms with Crippen molar-refractivity contribution in [1.82, 2.24) is 35.0 Å². The lowest BCUT2D eigenvalue weighted by Gasteiger charge is -2.39. The van der Waals surface area contributed by atoms with Crippen LogP contribution >= 0.6 is 0 Å². The van der Waals surface area contributed by atoms with Gasteiger partial charge in [-0.1, -0.05) is 18.2 Å². The summed E-state index contributed by atoms with van der Waals surface area (Å²) in [6.07, 6.45) is 11.1. The third kappa shape index (κ3) is 9.22. The highest BCUT2D eigenvalue weighted by atomic mass is 16.3. The van der Waals surface area contributed by atoms with Gasteiger partial charge in [-0.2, -0.15) is 0 Å². The van der Waals surface area contributed by atoms with Gasteiger partial charge in [0.05, 0.1) is 6.20 Å². The molecular formula is C42H57N11O4. The van der Waals surface area contributed by atoms with Crippen LogP contribution in [-0.2, 0) is 16.0 Å². The number of carbonyl (C=O) groups excluding carboxylic acids is 3. The smallest absolute Gasteiger partial charge is 0.271 e. The number of nitrogens with zero attached hydrogens (tertiary/aromatic N) is 8. The van der Waals surface area contributed by atoms with E-state index < -0.39 is 12.3 Å². The van der Waals surface area contributed by atoms with Gasteiger partial charge in [0.15, 0.2) is 17.9 Å². The van der Waals surface area contributed by atoms with Gasteiger partial charge in [0, 0.05) is 76.1 Å². The summed E-state index contributed by atoms with van der Waals surface area (Å²) in [7, 11) is 1.94. The number of amides is 3. The summed E-state index contributed by atoms with van der Waals surface area (Å²) in [6.45, 7) is 8.55. The molecule has 15 heteroatoms. The predicted octanol–water partition coefficient (Wildman–Crippen LogP) is 2.90. The number of likely N-dealkylation sites (tertiary alicyclic amines) is 1. The lowest BCUT2D eigenvalue weighted by molar-refractivity contribution is -0.136. The fourth-order valence-electron chi connectivity index (χ4n) is 9.44. The number of aliphatic hydroxyl groups excluding tert-OH is 1. The van der Waals surface area contributed by atoms with E-state index in [2.05, 4.69) is 71.6 Å². The van der Waals surface area contributed by atoms with Crippen LogP contribution in [0.4, 0.5) is 23.1 Å². The second kappa shape index (κ2) is 17.4. The Morgan fingerprint density at radius 3 is 2.35 bits per heavy atom. The topological polar surface area (TPSA) is 176 Å². The zero-order valence-electron chi connectivity index (χ0n) is 33.1. The van der Waals surface area contributed by atoms with E-state index >= 15 is 0 Å². The molecule has 0 saturated carbocycles. The number of aromatic nitrogens is 3. The number of carbonyl (C=O) groups is 3. The first-order chi connectivity index (χ1) is 27.7. The fraction of sp³-hybridized carbons (Fsp3) is 0.571. The van der Waals surface area contributed by atoms with Crippen LogP contribution in [0, 0.1) is 11.8 Å². The van der Waals surface area contributed by atoms with Crippen LogP contribution in [0.3, 0.4) is 0 Å². The number of nitrogens with one attached hydrogen (secondary N) is 2. The molecule has 8 rings (SSSR count). The third-order valence-electron chi connectivity index (χ3n) is 12.9. The summed E-state index contributed by atoms with van der Waals surface area (Å²) in [5, 5.41) is 16.4. The second-order valence-electron chi connectivity index (χ2n) is 16.7. The number of pyridine rings is 1. The average Bonchev–Trinajstić information content (AvgIpc) is 3.57. The molecule has 7 heterocycles. The van der Waals surface area contributed by atoms with Crippen molar-refractivity contribution in [3.05, 3.63) is 65.6 Å². The number of hydrogen-bond acceptors (Lipinski definition) is 13. The maximum absolute atomic E-state index is 12.4. The van der Waals surface area contributed by atoms with Crippen molar-refractivity contribution in [2.24, 2.45) is 17.6 Å². The maximum Gasteiger partial charge on any atom is 0.271 e. The maximum atomic E-state index is 12.4. The summed E-state index contributed by atoms with van der Waals surface area (Å²) < 4.78 is 0. The summed E-state index contributed by atoms with van der Waals surface area (Å²) in [5.41, 5.74) is 9.03. The first-order valence-electron chi connectivity index (χ1n) is 20.9. The van der Waals surface area contributed by atoms with Gasteiger partial charge in [-0.15, -0.1) is 0 Å². The Morgan fingerprint density at radius 2 is 1.67 bits per heavy atom. The van der Waals surface area contributed by atoms with Crippen molar-refractivity contribution in [2.75, 3.05) is 81.1 Å². The zero-order chi connectivity index (χ0) is 39.5. The molecule has 0 aliphatic carbocycles. The number of aliphatic hydroxyl groups is 1. The minimum absolute atomic E-state index is 0.111. The number of nitrogens with two attached hydrogens (primary N) is 1. The number of rotatable bonds is 11. The van der Waals surface area contributed by atoms with Crippen molar-refractivity contribution in [1.29, 1.82) is 0 Å². The van der Waals surface area contributed by atoms with Crippen LogP contribution in [0.15, 0.2) is 48.8 Å². The molecule has 3 amide bonds. The minimum Gasteiger partial charge on any atom is -0.365 e. The summed E-state index contributed by atoms with van der Waals surface area (Å²) >= 11 is 0. The number of piperidine rings is 4. The molecule has 5 saturated heterocycles. The molecule has 2 unspecified atom stereocenters. The summed E-state index contributed by atoms with van der Waals surface area (Å²) in [6, 6.07) is 12.8. The number of primary amides is 1. The molecule has 0 bridgehead atoms. The molecule has 5 N–H and O–H groups in total. The Bertz CT molecular complexity index is 1880. The highest BCUT2D eigenvalue weighted by molar-refractivity contribution is 5.98. The number of benzene rings is 1. The van der Waals surface area contributed by atoms with Crippen molar-refractivity contribution in [2.45, 2.75) is 76.1 Å². The quantitative estimate of drug-likeness (QED) is 0.209. The van der Waals surface area contributed by atoms with E-state index in [4.69, 9.17) is 15.7 Å². The molecule has 3 atom stereocenters. The van der Waals surface area contributed by atoms with E-state index in [1.807, 2.05) is 18.1 Å². The van der Waals surface area contributed by atoms with E-state index in [0.717, 1.165) is 114 Å². The van der Waals surface area contributed by atoms with Crippen LogP contribution in [0.5, 0.6) is 0 Å². The van der Waals surface area contributed by atoms with Crippen molar-refractivity contribution in [3.63, 3.8) is 0 Å². The van der Waals surface area contributed by atoms with Crippen molar-refractivity contribution >= 4 is 40.9 Å². The van der Waals surface area contributed by atoms with Gasteiger partial charge in [-0.3, -0.25) is 29.5 Å². The molecule has 1 aromatic carbocycles. The average molecular weight is 780 g/mol. The molecule has 5 aliphatic heterocycles. The van der Waals surface area contributed by atoms with Crippen LogP contribution in [-0.4, -0.2) is 131 Å². The number of anilines is 4. The van der Waals surface area contributed by atoms with Gasteiger partial charge < -0.3 is 30.9 Å². The highest BCUT2D eigenvalue weighted by Gasteiger charge is 2.36. The monoisotopic (exact) mass is 779 g/mol. The number of imide groups is 1. The van der Waals surface area contributed by atoms with E-state index in [9.17, 15) is 19.5 Å². The van der Waals surface area contributed by atoms with Crippen LogP contribution in [0.25, 0.3) is 0 Å². The number of likely N-dealkylation sites (N-methyl/N-ethyl adjacent to an activating group) is 1. The lowest BCUT2D eigenvalue weighted by Crippen LogP contribution is -2.51. The van der Waals surface area contributed by atoms with Crippen molar-refractivity contribution < 1.29 is 19.5 Å². The molecule has 2 aromatic heterocycles. The Hall–Kier alpha value is -4.70. The zero-order valence-corrected chi connectivity index (χ0v) is 33.1. The number of hydrogen-bond donors (Lipinski definition) is 4. The molecule has 0 radical (unpaired) electrons. The Balaban J connectivity index is 0.794. The largest absolute Gasteiger partial charge is 0.365 e. The molecule has 57 heavy (non-hydrogen) atoms. The van der Waals surface area contributed by atoms with Gasteiger partial charge in [-0.05, 0) is 113 Å². The van der Waals surface area contributed by atoms with Gasteiger partial charge in [0.2, 0.25) is 11.8 Å². The molecule has 15 nitrogen and oxygen atoms in total. The molecule has 3 aromatic rings. The Kier molecular flexibility index (Phi) is 12.0. The predicted molar refractivity (Wildman–Crippen MR) is 218 cm³/mol. The molecule has 304 valence electrons. The van der Waals surface area contributed by atoms with Crippen LogP contribution in [0.1, 0.15) is 78.9 Å². The summed E-state index contributed by atoms with van der Waals surface area (Å²) in [5.74, 6) is 2.09. The van der Waals surface area contributed by atoms with E-state index in [0.29, 0.717) is 42.7 Å². The van der Waals surface area contributed by atoms with Crippen molar-refractivity contribution in [3.8, 4) is 0 Å². The Labute approximate surface area is 335 Å². The first-order valence-corrected chi connectivity index (χ1v) is 20.9. The fourth-order valence-corrected chi connectivity index (χ4v) is 9.44. The van der Waals surface area contributed by atoms with Gasteiger partial charge in [-0.25, -0.2) is 15.0 Å². The van der Waals surface area contributed by atoms with Crippen LogP contribution < -0.4 is 26.2 Å². The second-order valence-corrected chi connectivity index (χ2v) is 16.7. The lowest BCUT2D eigenvalue weighted by atomic mass is 9.88. The van der Waals surface area contributed by atoms with E-state index in [1.165, 1.54) is 5.56 Å². The van der Waals surface area contributed by atoms with Gasteiger partial charge in [0.1, 0.15) is 11.6 Å². The molecule has 5 fully saturated rings. The minimum atomic E-state index is -0.627. The SMILES string of the molecule is CN1CCN([C@@H]2CCCN(c3cnc(C(N)=O)c(Nc4ccc(C5CCN(CC6CCN(c7ccc(CC8CCC(=O)NC8=O)cn7)CC6)CC5)cc4)n3)C2)C1O. The molecular weight excluding hydrogens is 723 g/mol. The normalized spacial score (nSPS) is 24.8. The van der Waals surface area contributed by atoms with Gasteiger partial charge >= 0.3 is 0 Å². The van der Waals surface area contributed by atoms with Crippen LogP contribution in [0.2, 0.25) is 0 Å². The third-order valence-corrected chi connectivity index (χ3v) is 12.9. The molecule has 5 aliphatic rings. The highest BCUT2D eigenvalue weighted by Crippen LogP contribution is 2.32. The summed E-state index contributed by atoms with van der Waals surface area (Å²) in [4.78, 5) is 61.3. The van der Waals surface area contributed by atoms with Gasteiger partial charge in [0.25, 0.3) is 5.91 Å². The van der Waals surface area contributed by atoms with E-state index in [-0.39, 0.29) is 29.5 Å². The first kappa shape index (κ1) is 39.1. The standard InChI is InChI=1S/C42H57N11O4/c1-49-21-22-53(42(49)57)34-3-2-16-52(27-34)36-25-45-38(39(43)55)40(47-36)46-33-8-5-30(6-9-33)31-14-17-50(18-15-31)26-28-12-19-51(20-13-28)35-10-4-29(24-44-35)23-32-7-11-37(54)48-41(32)56/h4-6,8-10,24-25,28,31-32,34,42,57H,2-3,7,11-23,26-27H2,1H3,(H2,43,55)(H,46,47)(H,48,54,56)/t32?,34-,42?/m1/s1. The Morgan fingerprint density at radius 1 is 0.877 bits per heavy atom. The molecule has 0 spiro atoms.